The molecule has 3 atom stereocenters. The highest BCUT2D eigenvalue weighted by atomic mass is 32.1. The number of hydrogen-bond donors (Lipinski definition) is 2. The fourth-order valence-electron chi connectivity index (χ4n) is 1.45. The van der Waals surface area contributed by atoms with Crippen molar-refractivity contribution in [2.75, 3.05) is 6.54 Å². The minimum atomic E-state index is -0.326. The molecule has 72 valence electrons. The molecule has 1 heterocycles. The highest BCUT2D eigenvalue weighted by molar-refractivity contribution is 7.10. The van der Waals surface area contributed by atoms with Crippen LogP contribution in [0.25, 0.3) is 0 Å². The standard InChI is InChI=1S/C10H15NOS/c1-7-5-8(7)11-6-9(12)10-3-2-4-13-10/h2-4,7-9,11-12H,5-6H2,1H3. The van der Waals surface area contributed by atoms with Gasteiger partial charge in [0.15, 0.2) is 0 Å². The summed E-state index contributed by atoms with van der Waals surface area (Å²) in [7, 11) is 0. The molecule has 1 saturated carbocycles. The van der Waals surface area contributed by atoms with Gasteiger partial charge >= 0.3 is 0 Å². The van der Waals surface area contributed by atoms with Crippen LogP contribution < -0.4 is 5.32 Å². The molecule has 1 fully saturated rings. The van der Waals surface area contributed by atoms with Gasteiger partial charge < -0.3 is 10.4 Å². The summed E-state index contributed by atoms with van der Waals surface area (Å²) >= 11 is 1.61. The van der Waals surface area contributed by atoms with Crippen LogP contribution in [0.5, 0.6) is 0 Å². The maximum atomic E-state index is 9.72. The Morgan fingerprint density at radius 2 is 2.54 bits per heavy atom. The molecule has 2 rings (SSSR count). The van der Waals surface area contributed by atoms with Gasteiger partial charge in [-0.15, -0.1) is 11.3 Å². The molecule has 0 amide bonds. The van der Waals surface area contributed by atoms with Crippen molar-refractivity contribution in [1.82, 2.24) is 5.32 Å². The molecular weight excluding hydrogens is 182 g/mol. The lowest BCUT2D eigenvalue weighted by atomic mass is 10.3. The van der Waals surface area contributed by atoms with Gasteiger partial charge in [0, 0.05) is 17.5 Å². The van der Waals surface area contributed by atoms with E-state index in [1.54, 1.807) is 11.3 Å². The van der Waals surface area contributed by atoms with Crippen molar-refractivity contribution in [3.05, 3.63) is 22.4 Å². The summed E-state index contributed by atoms with van der Waals surface area (Å²) < 4.78 is 0. The third kappa shape index (κ3) is 2.30. The van der Waals surface area contributed by atoms with E-state index in [1.807, 2.05) is 17.5 Å². The summed E-state index contributed by atoms with van der Waals surface area (Å²) in [5.41, 5.74) is 0. The van der Waals surface area contributed by atoms with E-state index in [2.05, 4.69) is 12.2 Å². The molecule has 1 aromatic rings. The molecule has 1 aliphatic rings. The number of rotatable bonds is 4. The van der Waals surface area contributed by atoms with Gasteiger partial charge in [0.25, 0.3) is 0 Å². The summed E-state index contributed by atoms with van der Waals surface area (Å²) in [4.78, 5) is 1.06. The fraction of sp³-hybridized carbons (Fsp3) is 0.600. The molecule has 0 aliphatic heterocycles. The van der Waals surface area contributed by atoms with Crippen LogP contribution >= 0.6 is 11.3 Å². The molecule has 3 heteroatoms. The minimum absolute atomic E-state index is 0.326. The summed E-state index contributed by atoms with van der Waals surface area (Å²) in [6.45, 7) is 2.92. The Hall–Kier alpha value is -0.380. The smallest absolute Gasteiger partial charge is 0.101 e. The lowest BCUT2D eigenvalue weighted by Crippen LogP contribution is -2.23. The monoisotopic (exact) mass is 197 g/mol. The molecule has 13 heavy (non-hydrogen) atoms. The van der Waals surface area contributed by atoms with Crippen molar-refractivity contribution < 1.29 is 5.11 Å². The molecule has 0 saturated heterocycles. The average molecular weight is 197 g/mol. The van der Waals surface area contributed by atoms with Gasteiger partial charge in [0.05, 0.1) is 0 Å². The van der Waals surface area contributed by atoms with E-state index in [1.165, 1.54) is 6.42 Å². The molecule has 1 aromatic heterocycles. The van der Waals surface area contributed by atoms with E-state index in [4.69, 9.17) is 0 Å². The zero-order valence-corrected chi connectivity index (χ0v) is 8.55. The van der Waals surface area contributed by atoms with Gasteiger partial charge in [-0.2, -0.15) is 0 Å². The van der Waals surface area contributed by atoms with Crippen molar-refractivity contribution in [1.29, 1.82) is 0 Å². The number of nitrogens with one attached hydrogen (secondary N) is 1. The second kappa shape index (κ2) is 3.78. The molecule has 2 N–H and O–H groups in total. The van der Waals surface area contributed by atoms with E-state index >= 15 is 0 Å². The van der Waals surface area contributed by atoms with Gasteiger partial charge in [-0.05, 0) is 23.8 Å². The van der Waals surface area contributed by atoms with E-state index < -0.39 is 0 Å². The van der Waals surface area contributed by atoms with Gasteiger partial charge in [-0.25, -0.2) is 0 Å². The van der Waals surface area contributed by atoms with Crippen molar-refractivity contribution in [3.8, 4) is 0 Å². The summed E-state index contributed by atoms with van der Waals surface area (Å²) in [6.07, 6.45) is 0.935. The normalized spacial score (nSPS) is 28.8. The van der Waals surface area contributed by atoms with E-state index in [0.29, 0.717) is 12.6 Å². The van der Waals surface area contributed by atoms with Crippen molar-refractivity contribution in [3.63, 3.8) is 0 Å². The Kier molecular flexibility index (Phi) is 2.67. The topological polar surface area (TPSA) is 32.3 Å². The Morgan fingerprint density at radius 3 is 3.08 bits per heavy atom. The summed E-state index contributed by atoms with van der Waals surface area (Å²) in [5.74, 6) is 0.801. The predicted octanol–water partition coefficient (Wildman–Crippen LogP) is 1.78. The second-order valence-corrected chi connectivity index (χ2v) is 4.74. The number of aliphatic hydroxyl groups is 1. The molecule has 0 aromatic carbocycles. The maximum Gasteiger partial charge on any atom is 0.101 e. The van der Waals surface area contributed by atoms with Crippen molar-refractivity contribution in [2.45, 2.75) is 25.5 Å². The largest absolute Gasteiger partial charge is 0.386 e. The van der Waals surface area contributed by atoms with Crippen molar-refractivity contribution >= 4 is 11.3 Å². The predicted molar refractivity (Wildman–Crippen MR) is 54.9 cm³/mol. The van der Waals surface area contributed by atoms with E-state index in [0.717, 1.165) is 10.8 Å². The Morgan fingerprint density at radius 1 is 1.77 bits per heavy atom. The first-order valence-corrected chi connectivity index (χ1v) is 5.60. The average Bonchev–Trinajstić information content (AvgIpc) is 2.67. The van der Waals surface area contributed by atoms with Crippen LogP contribution in [-0.4, -0.2) is 17.7 Å². The van der Waals surface area contributed by atoms with Crippen LogP contribution in [0, 0.1) is 5.92 Å². The number of aliphatic hydroxyl groups excluding tert-OH is 1. The Balaban J connectivity index is 1.76. The zero-order chi connectivity index (χ0) is 9.26. The lowest BCUT2D eigenvalue weighted by molar-refractivity contribution is 0.177. The third-order valence-electron chi connectivity index (χ3n) is 2.55. The Bertz CT molecular complexity index is 260. The van der Waals surface area contributed by atoms with Crippen LogP contribution in [0.1, 0.15) is 24.3 Å². The molecule has 0 bridgehead atoms. The molecule has 1 aliphatic carbocycles. The van der Waals surface area contributed by atoms with Crippen LogP contribution in [-0.2, 0) is 0 Å². The highest BCUT2D eigenvalue weighted by Crippen LogP contribution is 2.29. The summed E-state index contributed by atoms with van der Waals surface area (Å²) in [6, 6.07) is 4.60. The second-order valence-electron chi connectivity index (χ2n) is 3.76. The SMILES string of the molecule is CC1CC1NCC(O)c1cccs1. The summed E-state index contributed by atoms with van der Waals surface area (Å²) in [5, 5.41) is 15.1. The molecule has 3 unspecified atom stereocenters. The fourth-order valence-corrected chi connectivity index (χ4v) is 2.16. The first kappa shape index (κ1) is 9.19. The Labute approximate surface area is 82.6 Å². The van der Waals surface area contributed by atoms with Crippen LogP contribution in [0.2, 0.25) is 0 Å². The number of thiophene rings is 1. The number of hydrogen-bond acceptors (Lipinski definition) is 3. The maximum absolute atomic E-state index is 9.72. The van der Waals surface area contributed by atoms with Gasteiger partial charge in [-0.1, -0.05) is 13.0 Å². The third-order valence-corrected chi connectivity index (χ3v) is 3.53. The van der Waals surface area contributed by atoms with Crippen LogP contribution in [0.3, 0.4) is 0 Å². The van der Waals surface area contributed by atoms with E-state index in [9.17, 15) is 5.11 Å². The van der Waals surface area contributed by atoms with Gasteiger partial charge in [-0.3, -0.25) is 0 Å². The van der Waals surface area contributed by atoms with Gasteiger partial charge in [0.1, 0.15) is 6.10 Å². The minimum Gasteiger partial charge on any atom is -0.386 e. The van der Waals surface area contributed by atoms with Gasteiger partial charge in [0.2, 0.25) is 0 Å². The quantitative estimate of drug-likeness (QED) is 0.771. The van der Waals surface area contributed by atoms with Crippen LogP contribution in [0.4, 0.5) is 0 Å². The first-order chi connectivity index (χ1) is 6.27. The molecule has 0 spiro atoms. The molecule has 2 nitrogen and oxygen atoms in total. The van der Waals surface area contributed by atoms with Crippen molar-refractivity contribution in [2.24, 2.45) is 5.92 Å². The molecule has 0 radical (unpaired) electrons. The first-order valence-electron chi connectivity index (χ1n) is 4.72. The van der Waals surface area contributed by atoms with Crippen LogP contribution in [0.15, 0.2) is 17.5 Å². The van der Waals surface area contributed by atoms with E-state index in [-0.39, 0.29) is 6.10 Å². The highest BCUT2D eigenvalue weighted by Gasteiger charge is 2.32. The lowest BCUT2D eigenvalue weighted by Gasteiger charge is -2.09. The molecular formula is C10H15NOS. The zero-order valence-electron chi connectivity index (χ0n) is 7.73.